The number of rotatable bonds is 5. The van der Waals surface area contributed by atoms with E-state index in [1.54, 1.807) is 16.3 Å². The lowest BCUT2D eigenvalue weighted by atomic mass is 10.1. The van der Waals surface area contributed by atoms with Gasteiger partial charge >= 0.3 is 6.09 Å². The van der Waals surface area contributed by atoms with E-state index in [9.17, 15) is 18.8 Å². The molecule has 1 aromatic carbocycles. The van der Waals surface area contributed by atoms with Crippen LogP contribution in [0.15, 0.2) is 29.6 Å². The number of aromatic nitrogens is 1. The SMILES string of the molecule is COC(=O)N1CCC(NC(=O)Cc2csc(NC(=O)c3ccccc3F)n2)CC1. The summed E-state index contributed by atoms with van der Waals surface area (Å²) < 4.78 is 18.4. The highest BCUT2D eigenvalue weighted by molar-refractivity contribution is 7.14. The molecule has 154 valence electrons. The Bertz CT molecular complexity index is 896. The van der Waals surface area contributed by atoms with Crippen LogP contribution in [0.2, 0.25) is 0 Å². The third-order valence-electron chi connectivity index (χ3n) is 4.53. The molecule has 29 heavy (non-hydrogen) atoms. The lowest BCUT2D eigenvalue weighted by Crippen LogP contribution is -2.46. The highest BCUT2D eigenvalue weighted by Crippen LogP contribution is 2.18. The van der Waals surface area contributed by atoms with Crippen molar-refractivity contribution < 1.29 is 23.5 Å². The Morgan fingerprint density at radius 2 is 2.00 bits per heavy atom. The normalized spacial score (nSPS) is 14.3. The van der Waals surface area contributed by atoms with Gasteiger partial charge < -0.3 is 15.0 Å². The van der Waals surface area contributed by atoms with Gasteiger partial charge in [-0.05, 0) is 25.0 Å². The lowest BCUT2D eigenvalue weighted by Gasteiger charge is -2.31. The zero-order chi connectivity index (χ0) is 20.8. The first-order valence-corrected chi connectivity index (χ1v) is 9.96. The van der Waals surface area contributed by atoms with Crippen molar-refractivity contribution in [1.29, 1.82) is 0 Å². The molecular weight excluding hydrogens is 399 g/mol. The number of ether oxygens (including phenoxy) is 1. The molecule has 3 amide bonds. The van der Waals surface area contributed by atoms with E-state index < -0.39 is 11.7 Å². The molecule has 0 unspecified atom stereocenters. The van der Waals surface area contributed by atoms with Crippen molar-refractivity contribution in [2.45, 2.75) is 25.3 Å². The third kappa shape index (κ3) is 5.50. The third-order valence-corrected chi connectivity index (χ3v) is 5.33. The number of nitrogens with zero attached hydrogens (tertiary/aromatic N) is 2. The van der Waals surface area contributed by atoms with Gasteiger partial charge in [0.05, 0.1) is 24.8 Å². The van der Waals surface area contributed by atoms with Gasteiger partial charge in [0.25, 0.3) is 5.91 Å². The molecule has 2 heterocycles. The zero-order valence-electron chi connectivity index (χ0n) is 15.8. The first-order valence-electron chi connectivity index (χ1n) is 9.09. The fourth-order valence-corrected chi connectivity index (χ4v) is 3.74. The summed E-state index contributed by atoms with van der Waals surface area (Å²) in [4.78, 5) is 41.7. The van der Waals surface area contributed by atoms with E-state index >= 15 is 0 Å². The second kappa shape index (κ2) is 9.46. The van der Waals surface area contributed by atoms with Gasteiger partial charge in [-0.1, -0.05) is 12.1 Å². The van der Waals surface area contributed by atoms with Gasteiger partial charge in [0.1, 0.15) is 5.82 Å². The van der Waals surface area contributed by atoms with Gasteiger partial charge in [-0.3, -0.25) is 14.9 Å². The Balaban J connectivity index is 1.47. The van der Waals surface area contributed by atoms with Gasteiger partial charge in [0, 0.05) is 24.5 Å². The van der Waals surface area contributed by atoms with E-state index in [-0.39, 0.29) is 30.0 Å². The zero-order valence-corrected chi connectivity index (χ0v) is 16.6. The predicted molar refractivity (Wildman–Crippen MR) is 105 cm³/mol. The standard InChI is InChI=1S/C19H21FN4O4S/c1-28-19(27)24-8-6-12(7-9-24)21-16(25)10-13-11-29-18(22-13)23-17(26)14-4-2-3-5-15(14)20/h2-5,11-12H,6-10H2,1H3,(H,21,25)(H,22,23,26). The first kappa shape index (κ1) is 20.7. The molecule has 0 bridgehead atoms. The summed E-state index contributed by atoms with van der Waals surface area (Å²) in [6.45, 7) is 1.06. The number of hydrogen-bond donors (Lipinski definition) is 2. The van der Waals surface area contributed by atoms with Crippen LogP contribution >= 0.6 is 11.3 Å². The fraction of sp³-hybridized carbons (Fsp3) is 0.368. The van der Waals surface area contributed by atoms with E-state index in [1.165, 1.54) is 36.6 Å². The monoisotopic (exact) mass is 420 g/mol. The molecule has 1 aromatic heterocycles. The minimum Gasteiger partial charge on any atom is -0.453 e. The molecule has 8 nitrogen and oxygen atoms in total. The van der Waals surface area contributed by atoms with E-state index in [2.05, 4.69) is 15.6 Å². The van der Waals surface area contributed by atoms with Crippen LogP contribution in [-0.4, -0.2) is 54.0 Å². The van der Waals surface area contributed by atoms with Crippen molar-refractivity contribution >= 4 is 34.4 Å². The van der Waals surface area contributed by atoms with Crippen LogP contribution in [0.5, 0.6) is 0 Å². The van der Waals surface area contributed by atoms with Gasteiger partial charge in [-0.2, -0.15) is 0 Å². The Morgan fingerprint density at radius 3 is 2.69 bits per heavy atom. The molecule has 0 radical (unpaired) electrons. The molecule has 0 saturated carbocycles. The number of piperidine rings is 1. The quantitative estimate of drug-likeness (QED) is 0.774. The number of likely N-dealkylation sites (tertiary alicyclic amines) is 1. The maximum absolute atomic E-state index is 13.7. The van der Waals surface area contributed by atoms with E-state index in [0.717, 1.165) is 0 Å². The summed E-state index contributed by atoms with van der Waals surface area (Å²) in [6.07, 6.45) is 1.02. The average Bonchev–Trinajstić information content (AvgIpc) is 3.14. The number of halogens is 1. The van der Waals surface area contributed by atoms with Crippen molar-refractivity contribution in [2.24, 2.45) is 0 Å². The van der Waals surface area contributed by atoms with Crippen LogP contribution in [0.3, 0.4) is 0 Å². The topological polar surface area (TPSA) is 101 Å². The van der Waals surface area contributed by atoms with Crippen LogP contribution in [0, 0.1) is 5.82 Å². The summed E-state index contributed by atoms with van der Waals surface area (Å²) in [5, 5.41) is 7.46. The number of methoxy groups -OCH3 is 1. The lowest BCUT2D eigenvalue weighted by molar-refractivity contribution is -0.121. The number of thiazole rings is 1. The second-order valence-corrected chi connectivity index (χ2v) is 7.41. The van der Waals surface area contributed by atoms with Gasteiger partial charge in [0.15, 0.2) is 5.13 Å². The summed E-state index contributed by atoms with van der Waals surface area (Å²) in [5.41, 5.74) is 0.448. The fourth-order valence-electron chi connectivity index (χ4n) is 3.03. The van der Waals surface area contributed by atoms with Crippen LogP contribution in [0.1, 0.15) is 28.9 Å². The number of anilines is 1. The van der Waals surface area contributed by atoms with Crippen LogP contribution in [0.4, 0.5) is 14.3 Å². The van der Waals surface area contributed by atoms with Crippen molar-refractivity contribution in [3.63, 3.8) is 0 Å². The number of nitrogens with one attached hydrogen (secondary N) is 2. The number of benzene rings is 1. The summed E-state index contributed by atoms with van der Waals surface area (Å²) in [7, 11) is 1.34. The molecule has 3 rings (SSSR count). The predicted octanol–water partition coefficient (Wildman–Crippen LogP) is 2.42. The van der Waals surface area contributed by atoms with Crippen molar-refractivity contribution in [2.75, 3.05) is 25.5 Å². The summed E-state index contributed by atoms with van der Waals surface area (Å²) >= 11 is 1.17. The molecule has 0 atom stereocenters. The van der Waals surface area contributed by atoms with E-state index in [4.69, 9.17) is 4.74 Å². The average molecular weight is 420 g/mol. The van der Waals surface area contributed by atoms with Crippen LogP contribution < -0.4 is 10.6 Å². The van der Waals surface area contributed by atoms with E-state index in [1.807, 2.05) is 0 Å². The molecule has 1 saturated heterocycles. The number of carbonyl (C=O) groups excluding carboxylic acids is 3. The van der Waals surface area contributed by atoms with Crippen molar-refractivity contribution in [3.8, 4) is 0 Å². The number of hydrogen-bond acceptors (Lipinski definition) is 6. The first-order chi connectivity index (χ1) is 14.0. The van der Waals surface area contributed by atoms with E-state index in [0.29, 0.717) is 36.8 Å². The van der Waals surface area contributed by atoms with Gasteiger partial charge in [-0.15, -0.1) is 11.3 Å². The second-order valence-electron chi connectivity index (χ2n) is 6.55. The molecule has 1 fully saturated rings. The molecule has 2 aromatic rings. The van der Waals surface area contributed by atoms with Crippen LogP contribution in [0.25, 0.3) is 0 Å². The number of carbonyl (C=O) groups is 3. The molecular formula is C19H21FN4O4S. The van der Waals surface area contributed by atoms with Gasteiger partial charge in [0.2, 0.25) is 5.91 Å². The Morgan fingerprint density at radius 1 is 1.28 bits per heavy atom. The minimum absolute atomic E-state index is 0.0118. The summed E-state index contributed by atoms with van der Waals surface area (Å²) in [5.74, 6) is -1.39. The van der Waals surface area contributed by atoms with Crippen LogP contribution in [-0.2, 0) is 16.0 Å². The summed E-state index contributed by atoms with van der Waals surface area (Å²) in [6, 6.07) is 5.67. The Labute approximate surface area is 171 Å². The molecule has 2 N–H and O–H groups in total. The Kier molecular flexibility index (Phi) is 6.76. The molecule has 10 heteroatoms. The van der Waals surface area contributed by atoms with Crippen molar-refractivity contribution in [3.05, 3.63) is 46.7 Å². The molecule has 1 aliphatic rings. The molecule has 1 aliphatic heterocycles. The maximum atomic E-state index is 13.7. The minimum atomic E-state index is -0.612. The number of amides is 3. The largest absolute Gasteiger partial charge is 0.453 e. The molecule has 0 aliphatic carbocycles. The van der Waals surface area contributed by atoms with Crippen molar-refractivity contribution in [1.82, 2.24) is 15.2 Å². The van der Waals surface area contributed by atoms with Gasteiger partial charge in [-0.25, -0.2) is 14.2 Å². The highest BCUT2D eigenvalue weighted by Gasteiger charge is 2.24. The highest BCUT2D eigenvalue weighted by atomic mass is 32.1. The Hall–Kier alpha value is -3.01. The maximum Gasteiger partial charge on any atom is 0.409 e. The molecule has 0 spiro atoms. The smallest absolute Gasteiger partial charge is 0.409 e.